The molecule has 23 heavy (non-hydrogen) atoms. The van der Waals surface area contributed by atoms with Gasteiger partial charge in [-0.2, -0.15) is 0 Å². The van der Waals surface area contributed by atoms with Crippen LogP contribution in [0.15, 0.2) is 48.5 Å². The predicted octanol–water partition coefficient (Wildman–Crippen LogP) is 5.66. The molecule has 0 atom stereocenters. The zero-order valence-corrected chi connectivity index (χ0v) is 13.9. The maximum atomic E-state index is 13.8. The fraction of sp³-hybridized carbons (Fsp3) is 0.429. The highest BCUT2D eigenvalue weighted by atomic mass is 19.1. The lowest BCUT2D eigenvalue weighted by atomic mass is 9.62. The fourth-order valence-corrected chi connectivity index (χ4v) is 4.11. The van der Waals surface area contributed by atoms with Crippen LogP contribution in [0.5, 0.6) is 5.75 Å². The monoisotopic (exact) mass is 312 g/mol. The van der Waals surface area contributed by atoms with Gasteiger partial charge in [0.05, 0.1) is 0 Å². The Morgan fingerprint density at radius 1 is 1.00 bits per heavy atom. The van der Waals surface area contributed by atoms with Gasteiger partial charge < -0.3 is 5.11 Å². The molecule has 1 saturated carbocycles. The average molecular weight is 312 g/mol. The largest absolute Gasteiger partial charge is 0.508 e. The van der Waals surface area contributed by atoms with Crippen LogP contribution in [-0.4, -0.2) is 5.11 Å². The van der Waals surface area contributed by atoms with Crippen LogP contribution in [0.2, 0.25) is 0 Å². The van der Waals surface area contributed by atoms with Gasteiger partial charge in [-0.3, -0.25) is 0 Å². The molecular formula is C21H25FO. The van der Waals surface area contributed by atoms with Gasteiger partial charge in [0.1, 0.15) is 11.6 Å². The molecule has 1 nitrogen and oxygen atoms in total. The van der Waals surface area contributed by atoms with Crippen molar-refractivity contribution in [3.63, 3.8) is 0 Å². The lowest BCUT2D eigenvalue weighted by Crippen LogP contribution is -2.34. The molecule has 1 aliphatic rings. The van der Waals surface area contributed by atoms with Gasteiger partial charge in [-0.1, -0.05) is 38.1 Å². The number of hydrogen-bond acceptors (Lipinski definition) is 1. The number of rotatable bonds is 3. The second-order valence-corrected chi connectivity index (χ2v) is 7.22. The molecule has 2 aromatic carbocycles. The molecule has 0 radical (unpaired) electrons. The minimum Gasteiger partial charge on any atom is -0.508 e. The molecule has 0 amide bonds. The summed E-state index contributed by atoms with van der Waals surface area (Å²) in [5.41, 5.74) is 2.11. The second-order valence-electron chi connectivity index (χ2n) is 7.22. The van der Waals surface area contributed by atoms with Gasteiger partial charge in [-0.15, -0.1) is 0 Å². The van der Waals surface area contributed by atoms with E-state index in [2.05, 4.69) is 13.8 Å². The standard InChI is InChI=1S/C21H25FO/c1-15(2)16-10-12-21(13-11-16,17-6-8-20(23)9-7-17)18-4-3-5-19(22)14-18/h3-9,14-16,23H,10-13H2,1-2H3/t16-,21+. The molecule has 0 bridgehead atoms. The van der Waals surface area contributed by atoms with Crippen LogP contribution in [0, 0.1) is 17.7 Å². The van der Waals surface area contributed by atoms with Gasteiger partial charge >= 0.3 is 0 Å². The molecule has 3 rings (SSSR count). The van der Waals surface area contributed by atoms with E-state index < -0.39 is 0 Å². The lowest BCUT2D eigenvalue weighted by molar-refractivity contribution is 0.217. The topological polar surface area (TPSA) is 20.2 Å². The van der Waals surface area contributed by atoms with E-state index in [9.17, 15) is 9.50 Å². The molecule has 2 heteroatoms. The van der Waals surface area contributed by atoms with Crippen molar-refractivity contribution >= 4 is 0 Å². The molecule has 0 heterocycles. The van der Waals surface area contributed by atoms with E-state index in [1.54, 1.807) is 24.3 Å². The first-order valence-corrected chi connectivity index (χ1v) is 8.57. The summed E-state index contributed by atoms with van der Waals surface area (Å²) in [7, 11) is 0. The predicted molar refractivity (Wildman–Crippen MR) is 92.1 cm³/mol. The third-order valence-electron chi connectivity index (χ3n) is 5.62. The molecule has 1 fully saturated rings. The Balaban J connectivity index is 2.02. The third kappa shape index (κ3) is 3.12. The molecule has 0 spiro atoms. The number of aromatic hydroxyl groups is 1. The van der Waals surface area contributed by atoms with Crippen molar-refractivity contribution in [2.75, 3.05) is 0 Å². The molecule has 0 aliphatic heterocycles. The summed E-state index contributed by atoms with van der Waals surface area (Å²) in [6, 6.07) is 14.5. The van der Waals surface area contributed by atoms with Crippen molar-refractivity contribution in [1.29, 1.82) is 0 Å². The zero-order chi connectivity index (χ0) is 16.4. The van der Waals surface area contributed by atoms with E-state index in [0.717, 1.165) is 37.2 Å². The van der Waals surface area contributed by atoms with E-state index in [0.29, 0.717) is 5.92 Å². The van der Waals surface area contributed by atoms with Crippen molar-refractivity contribution < 1.29 is 9.50 Å². The van der Waals surface area contributed by atoms with Crippen molar-refractivity contribution in [2.45, 2.75) is 44.9 Å². The van der Waals surface area contributed by atoms with E-state index in [1.807, 2.05) is 18.2 Å². The van der Waals surface area contributed by atoms with Crippen LogP contribution < -0.4 is 0 Å². The summed E-state index contributed by atoms with van der Waals surface area (Å²) in [4.78, 5) is 0. The van der Waals surface area contributed by atoms with Gasteiger partial charge in [0, 0.05) is 5.41 Å². The van der Waals surface area contributed by atoms with Crippen molar-refractivity contribution in [2.24, 2.45) is 11.8 Å². The fourth-order valence-electron chi connectivity index (χ4n) is 4.11. The van der Waals surface area contributed by atoms with Crippen LogP contribution in [0.1, 0.15) is 50.7 Å². The maximum absolute atomic E-state index is 13.8. The van der Waals surface area contributed by atoms with Crippen molar-refractivity contribution in [3.05, 3.63) is 65.5 Å². The third-order valence-corrected chi connectivity index (χ3v) is 5.62. The zero-order valence-electron chi connectivity index (χ0n) is 13.9. The van der Waals surface area contributed by atoms with Crippen molar-refractivity contribution in [1.82, 2.24) is 0 Å². The summed E-state index contributed by atoms with van der Waals surface area (Å²) < 4.78 is 13.8. The Morgan fingerprint density at radius 3 is 2.22 bits per heavy atom. The Bertz CT molecular complexity index is 652. The molecule has 0 aromatic heterocycles. The first-order valence-electron chi connectivity index (χ1n) is 8.57. The summed E-state index contributed by atoms with van der Waals surface area (Å²) in [5.74, 6) is 1.54. The van der Waals surface area contributed by atoms with Crippen LogP contribution in [0.4, 0.5) is 4.39 Å². The lowest BCUT2D eigenvalue weighted by Gasteiger charge is -2.42. The molecule has 2 aromatic rings. The van der Waals surface area contributed by atoms with E-state index >= 15 is 0 Å². The number of benzene rings is 2. The first kappa shape index (κ1) is 16.0. The van der Waals surface area contributed by atoms with Crippen LogP contribution >= 0.6 is 0 Å². The van der Waals surface area contributed by atoms with Gasteiger partial charge in [0.25, 0.3) is 0 Å². The van der Waals surface area contributed by atoms with Crippen LogP contribution in [-0.2, 0) is 5.41 Å². The highest BCUT2D eigenvalue weighted by molar-refractivity contribution is 5.42. The van der Waals surface area contributed by atoms with E-state index in [4.69, 9.17) is 0 Å². The summed E-state index contributed by atoms with van der Waals surface area (Å²) in [6.07, 6.45) is 4.39. The van der Waals surface area contributed by atoms with Gasteiger partial charge in [-0.25, -0.2) is 4.39 Å². The Kier molecular flexibility index (Phi) is 4.43. The molecule has 122 valence electrons. The second kappa shape index (κ2) is 6.35. The van der Waals surface area contributed by atoms with Gasteiger partial charge in [0.15, 0.2) is 0 Å². The Hall–Kier alpha value is -1.83. The normalized spacial score (nSPS) is 24.8. The average Bonchev–Trinajstić information content (AvgIpc) is 2.55. The summed E-state index contributed by atoms with van der Waals surface area (Å²) in [6.45, 7) is 4.58. The Morgan fingerprint density at radius 2 is 1.65 bits per heavy atom. The maximum Gasteiger partial charge on any atom is 0.123 e. The molecule has 0 saturated heterocycles. The van der Waals surface area contributed by atoms with Gasteiger partial charge in [-0.05, 0) is 72.9 Å². The highest BCUT2D eigenvalue weighted by Crippen LogP contribution is 2.48. The first-order chi connectivity index (χ1) is 11.0. The summed E-state index contributed by atoms with van der Waals surface area (Å²) in [5, 5.41) is 9.61. The van der Waals surface area contributed by atoms with E-state index in [-0.39, 0.29) is 17.0 Å². The van der Waals surface area contributed by atoms with E-state index in [1.165, 1.54) is 11.6 Å². The number of halogens is 1. The van der Waals surface area contributed by atoms with Crippen LogP contribution in [0.3, 0.4) is 0 Å². The molecule has 1 aliphatic carbocycles. The SMILES string of the molecule is CC(C)[C@H]1CC[C@@](c2ccc(O)cc2)(c2cccc(F)c2)CC1. The quantitative estimate of drug-likeness (QED) is 0.775. The van der Waals surface area contributed by atoms with Gasteiger partial charge in [0.2, 0.25) is 0 Å². The molecule has 1 N–H and O–H groups in total. The van der Waals surface area contributed by atoms with Crippen LogP contribution in [0.25, 0.3) is 0 Å². The number of phenolic OH excluding ortho intramolecular Hbond substituents is 1. The molecule has 0 unspecified atom stereocenters. The number of phenols is 1. The Labute approximate surface area is 138 Å². The number of hydrogen-bond donors (Lipinski definition) is 1. The summed E-state index contributed by atoms with van der Waals surface area (Å²) >= 11 is 0. The molecular weight excluding hydrogens is 287 g/mol. The highest BCUT2D eigenvalue weighted by Gasteiger charge is 2.39. The smallest absolute Gasteiger partial charge is 0.123 e. The minimum absolute atomic E-state index is 0.138. The minimum atomic E-state index is -0.174. The van der Waals surface area contributed by atoms with Crippen molar-refractivity contribution in [3.8, 4) is 5.75 Å².